The first-order chi connectivity index (χ1) is 24.3. The van der Waals surface area contributed by atoms with Crippen molar-refractivity contribution in [1.29, 1.82) is 0 Å². The Hall–Kier alpha value is -3.85. The Morgan fingerprint density at radius 1 is 0.962 bits per heavy atom. The molecule has 3 rings (SSSR count). The lowest BCUT2D eigenvalue weighted by molar-refractivity contribution is -0.151. The van der Waals surface area contributed by atoms with Gasteiger partial charge in [-0.25, -0.2) is 4.79 Å². The number of urea groups is 1. The highest BCUT2D eigenvalue weighted by molar-refractivity contribution is 6.38. The van der Waals surface area contributed by atoms with Gasteiger partial charge < -0.3 is 30.9 Å². The average molecular weight is 732 g/mol. The predicted octanol–water partition coefficient (Wildman–Crippen LogP) is 1.36. The van der Waals surface area contributed by atoms with E-state index >= 15 is 0 Å². The number of carbonyl (C=O) groups excluding carboxylic acids is 7. The summed E-state index contributed by atoms with van der Waals surface area (Å²) in [6, 6.07) is -4.55. The standard InChI is InChI=1S/C37H61N7O8/c1-9-17-38-33(49)31(47)25-15-13-11-10-12-14-19-52-23-26(34(50)43-18-16-24(36(2,3)4)30(43)32(48)39-25)40-35(51)41-27(37(5,6)7)20-44-28(45)21-42(8)22-29(44)46/h9,24-27,30H,1,10-23H2,2-8H3,(H,38,49)(H,39,48)(H2,40,41,51)/t24-,25-,26-,27+,30-/m0/s1. The van der Waals surface area contributed by atoms with Gasteiger partial charge in [-0.1, -0.05) is 73.3 Å². The van der Waals surface area contributed by atoms with E-state index in [4.69, 9.17) is 4.74 Å². The molecule has 52 heavy (non-hydrogen) atoms. The van der Waals surface area contributed by atoms with Crippen LogP contribution in [-0.4, -0.2) is 133 Å². The number of nitrogens with zero attached hydrogens (tertiary/aromatic N) is 3. The second-order valence-electron chi connectivity index (χ2n) is 16.5. The largest absolute Gasteiger partial charge is 0.379 e. The van der Waals surface area contributed by atoms with E-state index in [-0.39, 0.29) is 63.5 Å². The molecule has 0 bridgehead atoms. The topological polar surface area (TPSA) is 187 Å². The van der Waals surface area contributed by atoms with Crippen molar-refractivity contribution in [1.82, 2.24) is 36.0 Å². The van der Waals surface area contributed by atoms with Gasteiger partial charge in [-0.2, -0.15) is 0 Å². The average Bonchev–Trinajstić information content (AvgIpc) is 3.51. The van der Waals surface area contributed by atoms with Gasteiger partial charge in [0.2, 0.25) is 29.4 Å². The number of hydrogen-bond acceptors (Lipinski definition) is 9. The second-order valence-corrected chi connectivity index (χ2v) is 16.5. The summed E-state index contributed by atoms with van der Waals surface area (Å²) in [5.74, 6) is -3.62. The first-order valence-electron chi connectivity index (χ1n) is 18.6. The van der Waals surface area contributed by atoms with Gasteiger partial charge in [0.1, 0.15) is 12.1 Å². The Balaban J connectivity index is 1.89. The number of amides is 7. The number of hydrogen-bond donors (Lipinski definition) is 4. The number of rotatable bonds is 8. The zero-order chi connectivity index (χ0) is 38.8. The molecule has 0 spiro atoms. The Labute approximate surface area is 308 Å². The maximum atomic E-state index is 14.4. The van der Waals surface area contributed by atoms with Crippen molar-refractivity contribution in [3.05, 3.63) is 12.7 Å². The monoisotopic (exact) mass is 731 g/mol. The molecule has 3 saturated heterocycles. The van der Waals surface area contributed by atoms with E-state index in [1.807, 2.05) is 41.5 Å². The third-order valence-electron chi connectivity index (χ3n) is 10.1. The summed E-state index contributed by atoms with van der Waals surface area (Å²) < 4.78 is 5.94. The summed E-state index contributed by atoms with van der Waals surface area (Å²) in [4.78, 5) is 98.0. The lowest BCUT2D eigenvalue weighted by atomic mass is 9.76. The number of piperazine rings is 1. The second kappa shape index (κ2) is 18.8. The Bertz CT molecular complexity index is 1320. The van der Waals surface area contributed by atoms with Crippen LogP contribution in [-0.2, 0) is 33.5 Å². The Morgan fingerprint density at radius 3 is 2.21 bits per heavy atom. The van der Waals surface area contributed by atoms with Crippen molar-refractivity contribution >= 4 is 41.4 Å². The molecule has 15 nitrogen and oxygen atoms in total. The number of likely N-dealkylation sites (N-methyl/N-ethyl adjacent to an activating group) is 1. The van der Waals surface area contributed by atoms with Crippen LogP contribution >= 0.6 is 0 Å². The molecule has 0 saturated carbocycles. The van der Waals surface area contributed by atoms with E-state index in [0.717, 1.165) is 24.2 Å². The summed E-state index contributed by atoms with van der Waals surface area (Å²) in [5, 5.41) is 11.0. The molecule has 0 aromatic carbocycles. The first-order valence-corrected chi connectivity index (χ1v) is 18.6. The summed E-state index contributed by atoms with van der Waals surface area (Å²) in [6.07, 6.45) is 6.04. The number of imide groups is 1. The molecule has 0 aromatic heterocycles. The fourth-order valence-electron chi connectivity index (χ4n) is 6.97. The molecule has 3 heterocycles. The van der Waals surface area contributed by atoms with E-state index in [9.17, 15) is 33.6 Å². The van der Waals surface area contributed by atoms with Crippen LogP contribution < -0.4 is 21.3 Å². The fraction of sp³-hybridized carbons (Fsp3) is 0.757. The Morgan fingerprint density at radius 2 is 1.60 bits per heavy atom. The molecule has 3 fully saturated rings. The summed E-state index contributed by atoms with van der Waals surface area (Å²) in [7, 11) is 1.69. The van der Waals surface area contributed by atoms with Crippen molar-refractivity contribution in [2.45, 2.75) is 111 Å². The lowest BCUT2D eigenvalue weighted by Gasteiger charge is -2.38. The number of ketones is 1. The summed E-state index contributed by atoms with van der Waals surface area (Å²) >= 11 is 0. The minimum atomic E-state index is -1.17. The number of ether oxygens (including phenoxy) is 1. The molecule has 4 N–H and O–H groups in total. The molecule has 292 valence electrons. The predicted molar refractivity (Wildman–Crippen MR) is 195 cm³/mol. The minimum absolute atomic E-state index is 0.0370. The Kier molecular flexibility index (Phi) is 15.4. The van der Waals surface area contributed by atoms with Gasteiger partial charge in [0.25, 0.3) is 5.91 Å². The highest BCUT2D eigenvalue weighted by atomic mass is 16.5. The van der Waals surface area contributed by atoms with Crippen LogP contribution in [0.25, 0.3) is 0 Å². The SMILES string of the molecule is C=CCNC(=O)C(=O)[C@@H]1CCCCCCCOC[C@H](NC(=O)N[C@H](CN2C(=O)CN(C)CC2=O)C(C)(C)C)C(=O)N2CC[C@H](C(C)(C)C)[C@H]2C(=O)N1. The van der Waals surface area contributed by atoms with Gasteiger partial charge in [0.05, 0.1) is 31.8 Å². The van der Waals surface area contributed by atoms with Crippen LogP contribution in [0.3, 0.4) is 0 Å². The molecule has 0 radical (unpaired) electrons. The summed E-state index contributed by atoms with van der Waals surface area (Å²) in [5.41, 5.74) is -0.982. The first kappa shape index (κ1) is 42.6. The highest BCUT2D eigenvalue weighted by Crippen LogP contribution is 2.39. The fourth-order valence-corrected chi connectivity index (χ4v) is 6.97. The molecule has 0 aliphatic carbocycles. The molecule has 0 aromatic rings. The van der Waals surface area contributed by atoms with Crippen molar-refractivity contribution < 1.29 is 38.3 Å². The van der Waals surface area contributed by atoms with Gasteiger partial charge in [0, 0.05) is 26.2 Å². The number of carbonyl (C=O) groups is 7. The van der Waals surface area contributed by atoms with Gasteiger partial charge in [-0.05, 0) is 43.1 Å². The smallest absolute Gasteiger partial charge is 0.315 e. The van der Waals surface area contributed by atoms with E-state index in [0.29, 0.717) is 25.9 Å². The zero-order valence-electron chi connectivity index (χ0n) is 32.2. The van der Waals surface area contributed by atoms with Gasteiger partial charge in [-0.15, -0.1) is 6.58 Å². The van der Waals surface area contributed by atoms with Crippen LogP contribution in [0.1, 0.15) is 86.5 Å². The van der Waals surface area contributed by atoms with Crippen molar-refractivity contribution in [3.63, 3.8) is 0 Å². The van der Waals surface area contributed by atoms with Crippen LogP contribution in [0.4, 0.5) is 4.79 Å². The highest BCUT2D eigenvalue weighted by Gasteiger charge is 2.49. The van der Waals surface area contributed by atoms with Crippen LogP contribution in [0.15, 0.2) is 12.7 Å². The van der Waals surface area contributed by atoms with Gasteiger partial charge in [-0.3, -0.25) is 38.6 Å². The normalized spacial score (nSPS) is 25.5. The lowest BCUT2D eigenvalue weighted by Crippen LogP contribution is -2.62. The third-order valence-corrected chi connectivity index (χ3v) is 10.1. The van der Waals surface area contributed by atoms with Crippen LogP contribution in [0.5, 0.6) is 0 Å². The molecule has 15 heteroatoms. The maximum absolute atomic E-state index is 14.4. The van der Waals surface area contributed by atoms with E-state index in [2.05, 4.69) is 27.8 Å². The molecular weight excluding hydrogens is 670 g/mol. The molecule has 7 amide bonds. The van der Waals surface area contributed by atoms with Crippen LogP contribution in [0, 0.1) is 16.7 Å². The maximum Gasteiger partial charge on any atom is 0.315 e. The quantitative estimate of drug-likeness (QED) is 0.163. The van der Waals surface area contributed by atoms with Gasteiger partial charge in [0.15, 0.2) is 0 Å². The molecule has 5 atom stereocenters. The van der Waals surface area contributed by atoms with Crippen molar-refractivity contribution in [2.75, 3.05) is 53.0 Å². The molecular formula is C37H61N7O8. The van der Waals surface area contributed by atoms with E-state index in [1.165, 1.54) is 11.0 Å². The number of fused-ring (bicyclic) bond motifs is 1. The van der Waals surface area contributed by atoms with Crippen molar-refractivity contribution in [2.24, 2.45) is 16.7 Å². The molecule has 3 aliphatic rings. The van der Waals surface area contributed by atoms with Crippen molar-refractivity contribution in [3.8, 4) is 0 Å². The molecule has 0 unspecified atom stereocenters. The van der Waals surface area contributed by atoms with Crippen LogP contribution in [0.2, 0.25) is 0 Å². The van der Waals surface area contributed by atoms with Gasteiger partial charge >= 0.3 is 6.03 Å². The van der Waals surface area contributed by atoms with E-state index < -0.39 is 64.5 Å². The zero-order valence-corrected chi connectivity index (χ0v) is 32.2. The third kappa shape index (κ3) is 11.8. The van der Waals surface area contributed by atoms with E-state index in [1.54, 1.807) is 11.9 Å². The number of nitrogens with one attached hydrogen (secondary N) is 4. The number of Topliss-reactive ketones (excluding diaryl/α,β-unsaturated/α-hetero) is 1. The summed E-state index contributed by atoms with van der Waals surface area (Å²) in [6.45, 7) is 15.8. The minimum Gasteiger partial charge on any atom is -0.379 e. The molecule has 3 aliphatic heterocycles.